The van der Waals surface area contributed by atoms with Crippen LogP contribution in [0.2, 0.25) is 0 Å². The highest BCUT2D eigenvalue weighted by molar-refractivity contribution is 9.14. The van der Waals surface area contributed by atoms with Crippen molar-refractivity contribution in [3.8, 4) is 0 Å². The molecule has 1 rings (SSSR count). The number of halogens is 5. The van der Waals surface area contributed by atoms with Crippen LogP contribution in [0.15, 0.2) is 25.6 Å². The molecule has 1 aromatic carbocycles. The Bertz CT molecular complexity index is 276. The molecule has 66 valence electrons. The molecule has 0 aliphatic heterocycles. The lowest BCUT2D eigenvalue weighted by Crippen LogP contribution is -1.85. The van der Waals surface area contributed by atoms with E-state index in [4.69, 9.17) is 0 Å². The van der Waals surface area contributed by atoms with Crippen LogP contribution in [0.5, 0.6) is 0 Å². The molecule has 0 saturated carbocycles. The smallest absolute Gasteiger partial charge is 0.205 e. The normalized spacial score (nSPS) is 10.8. The van der Waals surface area contributed by atoms with E-state index in [-0.39, 0.29) is 5.56 Å². The van der Waals surface area contributed by atoms with Crippen LogP contribution >= 0.6 is 47.8 Å². The number of hydrogen-bond donors (Lipinski definition) is 0. The molecule has 0 aliphatic rings. The van der Waals surface area contributed by atoms with Crippen LogP contribution < -0.4 is 0 Å². The van der Waals surface area contributed by atoms with Gasteiger partial charge in [0.1, 0.15) is 0 Å². The van der Waals surface area contributed by atoms with Crippen molar-refractivity contribution in [3.63, 3.8) is 0 Å². The zero-order valence-corrected chi connectivity index (χ0v) is 10.4. The molecule has 0 aromatic heterocycles. The molecule has 0 unspecified atom stereocenters. The molecule has 0 nitrogen and oxygen atoms in total. The van der Waals surface area contributed by atoms with Crippen molar-refractivity contribution in [2.24, 2.45) is 0 Å². The maximum Gasteiger partial charge on any atom is 0.263 e. The van der Waals surface area contributed by atoms with Crippen molar-refractivity contribution in [1.82, 2.24) is 0 Å². The highest BCUT2D eigenvalue weighted by atomic mass is 79.9. The molecule has 0 heterocycles. The van der Waals surface area contributed by atoms with Crippen molar-refractivity contribution in [2.75, 3.05) is 0 Å². The van der Waals surface area contributed by atoms with Gasteiger partial charge in [0.15, 0.2) is 0 Å². The van der Waals surface area contributed by atoms with Gasteiger partial charge in [0.05, 0.1) is 0 Å². The highest BCUT2D eigenvalue weighted by Gasteiger charge is 2.11. The van der Waals surface area contributed by atoms with Gasteiger partial charge < -0.3 is 0 Å². The highest BCUT2D eigenvalue weighted by Crippen LogP contribution is 2.34. The summed E-state index contributed by atoms with van der Waals surface area (Å²) >= 11 is 9.53. The first-order chi connectivity index (χ1) is 5.52. The minimum absolute atomic E-state index is 0.00282. The lowest BCUT2D eigenvalue weighted by Gasteiger charge is -2.04. The second kappa shape index (κ2) is 4.15. The topological polar surface area (TPSA) is 0 Å². The summed E-state index contributed by atoms with van der Waals surface area (Å²) in [4.78, 5) is 0. The minimum Gasteiger partial charge on any atom is -0.205 e. The largest absolute Gasteiger partial charge is 0.263 e. The van der Waals surface area contributed by atoms with Crippen molar-refractivity contribution >= 4 is 47.8 Å². The Morgan fingerprint density at radius 1 is 1.00 bits per heavy atom. The molecule has 0 atom stereocenters. The number of rotatable bonds is 1. The monoisotopic (exact) mass is 362 g/mol. The van der Waals surface area contributed by atoms with Gasteiger partial charge in [0, 0.05) is 19.0 Å². The Hall–Kier alpha value is 0.520. The number of benzene rings is 1. The third-order valence-corrected chi connectivity index (χ3v) is 4.43. The van der Waals surface area contributed by atoms with Crippen LogP contribution in [0.3, 0.4) is 0 Å². The summed E-state index contributed by atoms with van der Waals surface area (Å²) in [5.74, 6) is 0. The standard InChI is InChI=1S/C7H3Br3F2/c8-4-1-3(7(11)12)2-5(9)6(4)10/h1-2,7H. The SMILES string of the molecule is FC(F)c1cc(Br)c(Br)c(Br)c1. The van der Waals surface area contributed by atoms with Gasteiger partial charge in [0.2, 0.25) is 0 Å². The maximum atomic E-state index is 12.2. The Balaban J connectivity index is 3.21. The van der Waals surface area contributed by atoms with Crippen LogP contribution in [0.25, 0.3) is 0 Å². The average molecular weight is 365 g/mol. The molecule has 0 N–H and O–H groups in total. The third kappa shape index (κ3) is 2.26. The predicted octanol–water partition coefficient (Wildman–Crippen LogP) is 4.91. The van der Waals surface area contributed by atoms with Gasteiger partial charge in [-0.05, 0) is 59.9 Å². The van der Waals surface area contributed by atoms with E-state index in [1.165, 1.54) is 12.1 Å². The molecule has 0 bridgehead atoms. The molecule has 0 spiro atoms. The first kappa shape index (κ1) is 10.6. The van der Waals surface area contributed by atoms with E-state index in [1.807, 2.05) is 0 Å². The summed E-state index contributed by atoms with van der Waals surface area (Å²) < 4.78 is 26.4. The lowest BCUT2D eigenvalue weighted by molar-refractivity contribution is 0.151. The fourth-order valence-electron chi connectivity index (χ4n) is 0.701. The van der Waals surface area contributed by atoms with Crippen molar-refractivity contribution in [2.45, 2.75) is 6.43 Å². The van der Waals surface area contributed by atoms with E-state index in [0.717, 1.165) is 4.47 Å². The van der Waals surface area contributed by atoms with Crippen LogP contribution in [0, 0.1) is 0 Å². The fourth-order valence-corrected chi connectivity index (χ4v) is 2.15. The van der Waals surface area contributed by atoms with Crippen molar-refractivity contribution in [3.05, 3.63) is 31.1 Å². The molecule has 5 heteroatoms. The van der Waals surface area contributed by atoms with Crippen molar-refractivity contribution < 1.29 is 8.78 Å². The van der Waals surface area contributed by atoms with Gasteiger partial charge in [-0.1, -0.05) is 0 Å². The van der Waals surface area contributed by atoms with Gasteiger partial charge in [-0.2, -0.15) is 0 Å². The van der Waals surface area contributed by atoms with Gasteiger partial charge in [-0.15, -0.1) is 0 Å². The number of alkyl halides is 2. The molecule has 0 radical (unpaired) electrons. The molecule has 0 fully saturated rings. The van der Waals surface area contributed by atoms with Crippen LogP contribution in [-0.2, 0) is 0 Å². The predicted molar refractivity (Wildman–Crippen MR) is 54.5 cm³/mol. The second-order valence-electron chi connectivity index (χ2n) is 2.10. The molecule has 12 heavy (non-hydrogen) atoms. The summed E-state index contributed by atoms with van der Waals surface area (Å²) in [7, 11) is 0. The third-order valence-electron chi connectivity index (χ3n) is 1.26. The zero-order valence-electron chi connectivity index (χ0n) is 5.62. The van der Waals surface area contributed by atoms with Gasteiger partial charge in [0.25, 0.3) is 6.43 Å². The van der Waals surface area contributed by atoms with Crippen LogP contribution in [-0.4, -0.2) is 0 Å². The summed E-state index contributed by atoms with van der Waals surface area (Å²) in [5.41, 5.74) is -0.00282. The van der Waals surface area contributed by atoms with Crippen LogP contribution in [0.4, 0.5) is 8.78 Å². The van der Waals surface area contributed by atoms with E-state index in [1.54, 1.807) is 0 Å². The number of hydrogen-bond acceptors (Lipinski definition) is 0. The van der Waals surface area contributed by atoms with Crippen molar-refractivity contribution in [1.29, 1.82) is 0 Å². The first-order valence-electron chi connectivity index (χ1n) is 2.95. The van der Waals surface area contributed by atoms with Gasteiger partial charge >= 0.3 is 0 Å². The molecule has 0 aliphatic carbocycles. The quantitative estimate of drug-likeness (QED) is 0.621. The zero-order chi connectivity index (χ0) is 9.30. The van der Waals surface area contributed by atoms with Gasteiger partial charge in [-0.3, -0.25) is 0 Å². The van der Waals surface area contributed by atoms with E-state index in [2.05, 4.69) is 47.8 Å². The Morgan fingerprint density at radius 2 is 1.42 bits per heavy atom. The Kier molecular flexibility index (Phi) is 3.67. The molecular weight excluding hydrogens is 362 g/mol. The first-order valence-corrected chi connectivity index (χ1v) is 5.33. The van der Waals surface area contributed by atoms with Gasteiger partial charge in [-0.25, -0.2) is 8.78 Å². The maximum absolute atomic E-state index is 12.2. The summed E-state index contributed by atoms with van der Waals surface area (Å²) in [6.07, 6.45) is -2.44. The van der Waals surface area contributed by atoms with E-state index in [0.29, 0.717) is 8.95 Å². The van der Waals surface area contributed by atoms with E-state index >= 15 is 0 Å². The Morgan fingerprint density at radius 3 is 1.75 bits per heavy atom. The molecule has 0 amide bonds. The fraction of sp³-hybridized carbons (Fsp3) is 0.143. The minimum atomic E-state index is -2.44. The van der Waals surface area contributed by atoms with E-state index < -0.39 is 6.43 Å². The molecule has 0 saturated heterocycles. The second-order valence-corrected chi connectivity index (χ2v) is 4.60. The average Bonchev–Trinajstić information content (AvgIpc) is 1.99. The summed E-state index contributed by atoms with van der Waals surface area (Å²) in [6, 6.07) is 2.78. The molecule has 1 aromatic rings. The Labute approximate surface area is 93.7 Å². The summed E-state index contributed by atoms with van der Waals surface area (Å²) in [6.45, 7) is 0. The molecular formula is C7H3Br3F2. The lowest BCUT2D eigenvalue weighted by atomic mass is 10.2. The van der Waals surface area contributed by atoms with E-state index in [9.17, 15) is 8.78 Å². The van der Waals surface area contributed by atoms with Crippen LogP contribution in [0.1, 0.15) is 12.0 Å². The summed E-state index contributed by atoms with van der Waals surface area (Å²) in [5, 5.41) is 0.